The van der Waals surface area contributed by atoms with E-state index < -0.39 is 0 Å². The second kappa shape index (κ2) is 6.84. The van der Waals surface area contributed by atoms with Gasteiger partial charge >= 0.3 is 0 Å². The van der Waals surface area contributed by atoms with Gasteiger partial charge in [0.1, 0.15) is 0 Å². The van der Waals surface area contributed by atoms with E-state index in [2.05, 4.69) is 55.4 Å². The third-order valence-corrected chi connectivity index (χ3v) is 6.45. The van der Waals surface area contributed by atoms with E-state index in [1.165, 1.54) is 38.5 Å². The van der Waals surface area contributed by atoms with E-state index in [1.54, 1.807) is 0 Å². The van der Waals surface area contributed by atoms with Gasteiger partial charge in [-0.2, -0.15) is 0 Å². The van der Waals surface area contributed by atoms with E-state index in [9.17, 15) is 0 Å². The smallest absolute Gasteiger partial charge is 0.0300 e. The van der Waals surface area contributed by atoms with Gasteiger partial charge in [0.25, 0.3) is 0 Å². The van der Waals surface area contributed by atoms with Gasteiger partial charge in [0.05, 0.1) is 0 Å². The zero-order chi connectivity index (χ0) is 15.6. The molecule has 0 amide bonds. The highest BCUT2D eigenvalue weighted by Crippen LogP contribution is 2.49. The van der Waals surface area contributed by atoms with Crippen molar-refractivity contribution in [3.8, 4) is 0 Å². The summed E-state index contributed by atoms with van der Waals surface area (Å²) in [6.07, 6.45) is 8.62. The minimum absolute atomic E-state index is 0.512. The second-order valence-electron chi connectivity index (χ2n) is 9.61. The molecule has 0 N–H and O–H groups in total. The van der Waals surface area contributed by atoms with Gasteiger partial charge in [0, 0.05) is 0 Å². The van der Waals surface area contributed by atoms with E-state index in [-0.39, 0.29) is 0 Å². The minimum atomic E-state index is 0.512. The molecule has 0 heteroatoms. The molecular weight excluding hydrogens is 240 g/mol. The van der Waals surface area contributed by atoms with Gasteiger partial charge in [0.2, 0.25) is 0 Å². The first-order valence-corrected chi connectivity index (χ1v) is 9.05. The molecule has 0 aromatic carbocycles. The van der Waals surface area contributed by atoms with Gasteiger partial charge in [-0.3, -0.25) is 0 Å². The summed E-state index contributed by atoms with van der Waals surface area (Å²) in [5.74, 6) is 3.61. The minimum Gasteiger partial charge on any atom is -0.0628 e. The summed E-state index contributed by atoms with van der Waals surface area (Å²) in [7, 11) is 0. The summed E-state index contributed by atoms with van der Waals surface area (Å²) in [5.41, 5.74) is 1.04. The Kier molecular flexibility index (Phi) is 6.17. The predicted molar refractivity (Wildman–Crippen MR) is 91.9 cm³/mol. The summed E-state index contributed by atoms with van der Waals surface area (Å²) in [5, 5.41) is 0. The molecule has 0 heterocycles. The third kappa shape index (κ3) is 4.78. The van der Waals surface area contributed by atoms with Crippen molar-refractivity contribution < 1.29 is 0 Å². The molecule has 0 radical (unpaired) electrons. The number of rotatable bonds is 5. The van der Waals surface area contributed by atoms with Crippen LogP contribution < -0.4 is 0 Å². The van der Waals surface area contributed by atoms with Gasteiger partial charge in [-0.05, 0) is 66.6 Å². The predicted octanol–water partition coefficient (Wildman–Crippen LogP) is 6.94. The van der Waals surface area contributed by atoms with Crippen LogP contribution in [0.1, 0.15) is 93.9 Å². The van der Waals surface area contributed by atoms with Gasteiger partial charge in [-0.25, -0.2) is 0 Å². The maximum Gasteiger partial charge on any atom is -0.0300 e. The van der Waals surface area contributed by atoms with Gasteiger partial charge in [0.15, 0.2) is 0 Å². The normalized spacial score (nSPS) is 26.9. The van der Waals surface area contributed by atoms with Crippen LogP contribution in [-0.2, 0) is 0 Å². The number of hydrogen-bond donors (Lipinski definition) is 0. The standard InChI is InChI=1S/C20H40/c1-15(2)9-10-16(3)20(7,8)18-13-11-17(12-14-18)19(4,5)6/h15-18H,9-14H2,1-8H3. The topological polar surface area (TPSA) is 0 Å². The van der Waals surface area contributed by atoms with Gasteiger partial charge in [-0.1, -0.05) is 61.8 Å². The quantitative estimate of drug-likeness (QED) is 0.512. The lowest BCUT2D eigenvalue weighted by Gasteiger charge is -2.45. The SMILES string of the molecule is CC(C)CCC(C)C(C)(C)C1CCC(C(C)(C)C)CC1. The Morgan fingerprint density at radius 1 is 0.750 bits per heavy atom. The van der Waals surface area contributed by atoms with Crippen molar-refractivity contribution in [2.24, 2.45) is 34.5 Å². The lowest BCUT2D eigenvalue weighted by Crippen LogP contribution is -2.36. The molecular formula is C20H40. The van der Waals surface area contributed by atoms with Crippen LogP contribution in [0.5, 0.6) is 0 Å². The van der Waals surface area contributed by atoms with Crippen molar-refractivity contribution in [1.82, 2.24) is 0 Å². The maximum atomic E-state index is 2.54. The van der Waals surface area contributed by atoms with Crippen molar-refractivity contribution in [3.63, 3.8) is 0 Å². The molecule has 0 nitrogen and oxygen atoms in total. The van der Waals surface area contributed by atoms with E-state index in [0.29, 0.717) is 10.8 Å². The van der Waals surface area contributed by atoms with Crippen molar-refractivity contribution in [2.45, 2.75) is 93.9 Å². The Bertz CT molecular complexity index is 271. The summed E-state index contributed by atoms with van der Waals surface area (Å²) in [6.45, 7) is 19.6. The molecule has 1 saturated carbocycles. The van der Waals surface area contributed by atoms with E-state index in [0.717, 1.165) is 23.7 Å². The van der Waals surface area contributed by atoms with Crippen LogP contribution in [0, 0.1) is 34.5 Å². The molecule has 0 spiro atoms. The Morgan fingerprint density at radius 2 is 1.20 bits per heavy atom. The van der Waals surface area contributed by atoms with Crippen LogP contribution >= 0.6 is 0 Å². The molecule has 1 aliphatic rings. The first-order valence-electron chi connectivity index (χ1n) is 9.05. The largest absolute Gasteiger partial charge is 0.0628 e. The maximum absolute atomic E-state index is 2.54. The van der Waals surface area contributed by atoms with Crippen LogP contribution in [0.15, 0.2) is 0 Å². The fourth-order valence-electron chi connectivity index (χ4n) is 4.06. The van der Waals surface area contributed by atoms with Crippen molar-refractivity contribution in [2.75, 3.05) is 0 Å². The number of hydrogen-bond acceptors (Lipinski definition) is 0. The van der Waals surface area contributed by atoms with E-state index >= 15 is 0 Å². The highest BCUT2D eigenvalue weighted by atomic mass is 14.4. The fraction of sp³-hybridized carbons (Fsp3) is 1.00. The molecule has 20 heavy (non-hydrogen) atoms. The molecule has 0 aliphatic heterocycles. The first kappa shape index (κ1) is 18.1. The van der Waals surface area contributed by atoms with Crippen molar-refractivity contribution >= 4 is 0 Å². The zero-order valence-electron chi connectivity index (χ0n) is 15.6. The van der Waals surface area contributed by atoms with Gasteiger partial charge in [-0.15, -0.1) is 0 Å². The average Bonchev–Trinajstić information content (AvgIpc) is 2.34. The molecule has 0 saturated heterocycles. The Morgan fingerprint density at radius 3 is 1.60 bits per heavy atom. The average molecular weight is 281 g/mol. The Balaban J connectivity index is 2.53. The summed E-state index contributed by atoms with van der Waals surface area (Å²) < 4.78 is 0. The van der Waals surface area contributed by atoms with E-state index in [1.807, 2.05) is 0 Å². The second-order valence-corrected chi connectivity index (χ2v) is 9.61. The molecule has 0 bridgehead atoms. The van der Waals surface area contributed by atoms with Crippen LogP contribution in [0.2, 0.25) is 0 Å². The van der Waals surface area contributed by atoms with E-state index in [4.69, 9.17) is 0 Å². The molecule has 0 aromatic heterocycles. The van der Waals surface area contributed by atoms with Crippen LogP contribution in [0.4, 0.5) is 0 Å². The highest BCUT2D eigenvalue weighted by molar-refractivity contribution is 4.89. The lowest BCUT2D eigenvalue weighted by molar-refractivity contribution is 0.0471. The summed E-state index contributed by atoms with van der Waals surface area (Å²) in [6, 6.07) is 0. The molecule has 1 unspecified atom stereocenters. The first-order chi connectivity index (χ1) is 9.05. The molecule has 0 aromatic rings. The molecule has 1 rings (SSSR count). The zero-order valence-corrected chi connectivity index (χ0v) is 15.6. The van der Waals surface area contributed by atoms with Crippen LogP contribution in [0.3, 0.4) is 0 Å². The van der Waals surface area contributed by atoms with Gasteiger partial charge < -0.3 is 0 Å². The summed E-state index contributed by atoms with van der Waals surface area (Å²) >= 11 is 0. The highest BCUT2D eigenvalue weighted by Gasteiger charge is 2.38. The van der Waals surface area contributed by atoms with Crippen LogP contribution in [0.25, 0.3) is 0 Å². The molecule has 120 valence electrons. The summed E-state index contributed by atoms with van der Waals surface area (Å²) in [4.78, 5) is 0. The van der Waals surface area contributed by atoms with Crippen molar-refractivity contribution in [1.29, 1.82) is 0 Å². The Hall–Kier alpha value is 0. The Labute approximate surface area is 129 Å². The lowest BCUT2D eigenvalue weighted by atomic mass is 9.60. The third-order valence-electron chi connectivity index (χ3n) is 6.45. The molecule has 1 fully saturated rings. The fourth-order valence-corrected chi connectivity index (χ4v) is 4.06. The molecule has 1 aliphatic carbocycles. The van der Waals surface area contributed by atoms with Crippen molar-refractivity contribution in [3.05, 3.63) is 0 Å². The molecule has 1 atom stereocenters. The van der Waals surface area contributed by atoms with Crippen LogP contribution in [-0.4, -0.2) is 0 Å². The monoisotopic (exact) mass is 280 g/mol.